The van der Waals surface area contributed by atoms with E-state index in [9.17, 15) is 9.59 Å². The van der Waals surface area contributed by atoms with E-state index in [0.29, 0.717) is 29.5 Å². The first-order valence-electron chi connectivity index (χ1n) is 9.18. The normalized spacial score (nSPS) is 20.5. The Hall–Kier alpha value is -2.48. The van der Waals surface area contributed by atoms with E-state index in [2.05, 4.69) is 10.6 Å². The maximum Gasteiger partial charge on any atom is 0.227 e. The lowest BCUT2D eigenvalue weighted by Crippen LogP contribution is -2.45. The summed E-state index contributed by atoms with van der Waals surface area (Å²) in [4.78, 5) is 26.8. The fourth-order valence-corrected chi connectivity index (χ4v) is 3.64. The third-order valence-corrected chi connectivity index (χ3v) is 5.14. The number of nitrogens with zero attached hydrogens (tertiary/aromatic N) is 1. The monoisotopic (exact) mass is 377 g/mol. The Labute approximate surface area is 159 Å². The molecule has 0 saturated carbocycles. The van der Waals surface area contributed by atoms with Gasteiger partial charge in [0.25, 0.3) is 0 Å². The van der Waals surface area contributed by atoms with E-state index in [1.807, 2.05) is 0 Å². The standard InChI is InChI=1S/C19H27N3O5/c1-25-15-9-14(10-16(26-2)18(15)27-3)22-11-12(8-17(22)23)19(24)21-13-4-6-20-7-5-13/h9-10,12-13,20H,4-8,11H2,1-3H3,(H,21,24). The molecule has 0 aliphatic carbocycles. The van der Waals surface area contributed by atoms with E-state index in [1.165, 1.54) is 21.3 Å². The summed E-state index contributed by atoms with van der Waals surface area (Å²) in [5.41, 5.74) is 0.631. The van der Waals surface area contributed by atoms with Crippen LogP contribution in [0.2, 0.25) is 0 Å². The molecular weight excluding hydrogens is 350 g/mol. The number of carbonyl (C=O) groups excluding carboxylic acids is 2. The molecule has 2 aliphatic heterocycles. The van der Waals surface area contributed by atoms with Crippen LogP contribution in [0.3, 0.4) is 0 Å². The lowest BCUT2D eigenvalue weighted by molar-refractivity contribution is -0.127. The third kappa shape index (κ3) is 4.10. The lowest BCUT2D eigenvalue weighted by Gasteiger charge is -2.25. The van der Waals surface area contributed by atoms with Crippen LogP contribution in [0.15, 0.2) is 12.1 Å². The fourth-order valence-electron chi connectivity index (χ4n) is 3.64. The maximum absolute atomic E-state index is 12.6. The van der Waals surface area contributed by atoms with E-state index in [4.69, 9.17) is 14.2 Å². The van der Waals surface area contributed by atoms with E-state index >= 15 is 0 Å². The molecule has 2 fully saturated rings. The number of methoxy groups -OCH3 is 3. The lowest BCUT2D eigenvalue weighted by atomic mass is 10.0. The molecule has 1 aromatic carbocycles. The molecule has 148 valence electrons. The van der Waals surface area contributed by atoms with Crippen molar-refractivity contribution in [2.75, 3.05) is 45.9 Å². The number of benzene rings is 1. The van der Waals surface area contributed by atoms with Gasteiger partial charge in [-0.05, 0) is 25.9 Å². The van der Waals surface area contributed by atoms with Crippen LogP contribution < -0.4 is 29.7 Å². The molecule has 8 heteroatoms. The van der Waals surface area contributed by atoms with Gasteiger partial charge in [0.05, 0.1) is 32.9 Å². The van der Waals surface area contributed by atoms with Gasteiger partial charge in [0, 0.05) is 31.1 Å². The quantitative estimate of drug-likeness (QED) is 0.767. The second-order valence-corrected chi connectivity index (χ2v) is 6.82. The van der Waals surface area contributed by atoms with Crippen LogP contribution in [0.25, 0.3) is 0 Å². The number of carbonyl (C=O) groups is 2. The van der Waals surface area contributed by atoms with Crippen LogP contribution in [0.1, 0.15) is 19.3 Å². The molecule has 2 heterocycles. The number of hydrogen-bond donors (Lipinski definition) is 2. The van der Waals surface area contributed by atoms with E-state index in [0.717, 1.165) is 25.9 Å². The molecule has 1 atom stereocenters. The molecule has 0 radical (unpaired) electrons. The second kappa shape index (κ2) is 8.47. The fraction of sp³-hybridized carbons (Fsp3) is 0.579. The van der Waals surface area contributed by atoms with E-state index < -0.39 is 0 Å². The number of rotatable bonds is 6. The van der Waals surface area contributed by atoms with Crippen LogP contribution in [-0.2, 0) is 9.59 Å². The number of amides is 2. The molecule has 2 amide bonds. The molecule has 2 aliphatic rings. The first-order chi connectivity index (χ1) is 13.1. The molecule has 1 aromatic rings. The minimum Gasteiger partial charge on any atom is -0.493 e. The average molecular weight is 377 g/mol. The minimum atomic E-state index is -0.355. The summed E-state index contributed by atoms with van der Waals surface area (Å²) < 4.78 is 16.0. The SMILES string of the molecule is COc1cc(N2CC(C(=O)NC3CCNCC3)CC2=O)cc(OC)c1OC. The van der Waals surface area contributed by atoms with Gasteiger partial charge in [-0.25, -0.2) is 0 Å². The molecule has 2 N–H and O–H groups in total. The highest BCUT2D eigenvalue weighted by Crippen LogP contribution is 2.42. The van der Waals surface area contributed by atoms with Gasteiger partial charge in [0.2, 0.25) is 17.6 Å². The number of nitrogens with one attached hydrogen (secondary N) is 2. The van der Waals surface area contributed by atoms with Crippen LogP contribution >= 0.6 is 0 Å². The molecule has 1 unspecified atom stereocenters. The van der Waals surface area contributed by atoms with Crippen molar-refractivity contribution in [2.45, 2.75) is 25.3 Å². The van der Waals surface area contributed by atoms with Gasteiger partial charge in [0.1, 0.15) is 0 Å². The summed E-state index contributed by atoms with van der Waals surface area (Å²) in [6, 6.07) is 3.64. The van der Waals surface area contributed by atoms with Crippen molar-refractivity contribution in [3.8, 4) is 17.2 Å². The van der Waals surface area contributed by atoms with Gasteiger partial charge < -0.3 is 29.7 Å². The van der Waals surface area contributed by atoms with Crippen molar-refractivity contribution in [1.82, 2.24) is 10.6 Å². The molecule has 8 nitrogen and oxygen atoms in total. The predicted molar refractivity (Wildman–Crippen MR) is 101 cm³/mol. The van der Waals surface area contributed by atoms with Crippen LogP contribution in [-0.4, -0.2) is 58.8 Å². The molecule has 0 bridgehead atoms. The second-order valence-electron chi connectivity index (χ2n) is 6.82. The predicted octanol–water partition coefficient (Wildman–Crippen LogP) is 0.934. The Morgan fingerprint density at radius 3 is 2.30 bits per heavy atom. The Kier molecular flexibility index (Phi) is 6.05. The van der Waals surface area contributed by atoms with E-state index in [1.54, 1.807) is 17.0 Å². The van der Waals surface area contributed by atoms with Crippen molar-refractivity contribution in [3.05, 3.63) is 12.1 Å². The van der Waals surface area contributed by atoms with Crippen LogP contribution in [0, 0.1) is 5.92 Å². The summed E-state index contributed by atoms with van der Waals surface area (Å²) in [6.07, 6.45) is 2.04. The number of ether oxygens (including phenoxy) is 3. The first-order valence-corrected chi connectivity index (χ1v) is 9.18. The van der Waals surface area contributed by atoms with Crippen molar-refractivity contribution in [1.29, 1.82) is 0 Å². The van der Waals surface area contributed by atoms with Gasteiger partial charge >= 0.3 is 0 Å². The molecule has 2 saturated heterocycles. The van der Waals surface area contributed by atoms with Crippen molar-refractivity contribution in [3.63, 3.8) is 0 Å². The van der Waals surface area contributed by atoms with Crippen molar-refractivity contribution >= 4 is 17.5 Å². The highest BCUT2D eigenvalue weighted by atomic mass is 16.5. The Bertz CT molecular complexity index is 678. The summed E-state index contributed by atoms with van der Waals surface area (Å²) in [7, 11) is 4.59. The van der Waals surface area contributed by atoms with Gasteiger partial charge in [-0.3, -0.25) is 9.59 Å². The van der Waals surface area contributed by atoms with Gasteiger partial charge in [-0.1, -0.05) is 0 Å². The molecule has 27 heavy (non-hydrogen) atoms. The van der Waals surface area contributed by atoms with Crippen molar-refractivity contribution in [2.24, 2.45) is 5.92 Å². The summed E-state index contributed by atoms with van der Waals surface area (Å²) in [6.45, 7) is 2.16. The first kappa shape index (κ1) is 19.3. The third-order valence-electron chi connectivity index (χ3n) is 5.14. The van der Waals surface area contributed by atoms with Gasteiger partial charge in [-0.2, -0.15) is 0 Å². The highest BCUT2D eigenvalue weighted by Gasteiger charge is 2.36. The molecule has 0 spiro atoms. The van der Waals surface area contributed by atoms with Crippen molar-refractivity contribution < 1.29 is 23.8 Å². The smallest absolute Gasteiger partial charge is 0.227 e. The Morgan fingerprint density at radius 2 is 1.74 bits per heavy atom. The molecule has 0 aromatic heterocycles. The molecule has 3 rings (SSSR count). The molecular formula is C19H27N3O5. The zero-order valence-electron chi connectivity index (χ0n) is 16.0. The summed E-state index contributed by atoms with van der Waals surface area (Å²) in [5, 5.41) is 6.37. The summed E-state index contributed by atoms with van der Waals surface area (Å²) >= 11 is 0. The van der Waals surface area contributed by atoms with Gasteiger partial charge in [-0.15, -0.1) is 0 Å². The number of anilines is 1. The van der Waals surface area contributed by atoms with E-state index in [-0.39, 0.29) is 30.2 Å². The number of hydrogen-bond acceptors (Lipinski definition) is 6. The minimum absolute atomic E-state index is 0.0507. The maximum atomic E-state index is 12.6. The average Bonchev–Trinajstić information content (AvgIpc) is 3.09. The summed E-state index contributed by atoms with van der Waals surface area (Å²) in [5.74, 6) is 0.923. The van der Waals surface area contributed by atoms with Crippen LogP contribution in [0.4, 0.5) is 5.69 Å². The van der Waals surface area contributed by atoms with Gasteiger partial charge in [0.15, 0.2) is 11.5 Å². The Balaban J connectivity index is 1.74. The Morgan fingerprint density at radius 1 is 1.11 bits per heavy atom. The van der Waals surface area contributed by atoms with Crippen LogP contribution in [0.5, 0.6) is 17.2 Å². The zero-order chi connectivity index (χ0) is 19.4. The highest BCUT2D eigenvalue weighted by molar-refractivity contribution is 6.00. The largest absolute Gasteiger partial charge is 0.493 e. The zero-order valence-corrected chi connectivity index (χ0v) is 16.0. The topological polar surface area (TPSA) is 89.1 Å². The number of piperidine rings is 1.